The zero-order chi connectivity index (χ0) is 12.2. The monoisotopic (exact) mass is 229 g/mol. The number of amides is 1. The Morgan fingerprint density at radius 3 is 2.56 bits per heavy atom. The molecule has 3 N–H and O–H groups in total. The summed E-state index contributed by atoms with van der Waals surface area (Å²) in [6.45, 7) is 9.93. The van der Waals surface area contributed by atoms with Crippen molar-refractivity contribution in [3.8, 4) is 0 Å². The summed E-state index contributed by atoms with van der Waals surface area (Å²) in [5.41, 5.74) is 5.45. The largest absolute Gasteiger partial charge is 0.379 e. The van der Waals surface area contributed by atoms with Crippen molar-refractivity contribution in [1.29, 1.82) is 0 Å². The molecule has 5 nitrogen and oxygen atoms in total. The van der Waals surface area contributed by atoms with Gasteiger partial charge in [0.25, 0.3) is 0 Å². The SMILES string of the molecule is C[C@@H](N)C(=O)NCC(C)(C)N1CCOCC1. The lowest BCUT2D eigenvalue weighted by Gasteiger charge is -2.40. The Morgan fingerprint density at radius 1 is 1.50 bits per heavy atom. The Bertz CT molecular complexity index is 235. The van der Waals surface area contributed by atoms with Crippen molar-refractivity contribution in [3.63, 3.8) is 0 Å². The molecular weight excluding hydrogens is 206 g/mol. The maximum atomic E-state index is 11.4. The second-order valence-corrected chi connectivity index (χ2v) is 4.92. The summed E-state index contributed by atoms with van der Waals surface area (Å²) in [6, 6.07) is -0.444. The van der Waals surface area contributed by atoms with E-state index < -0.39 is 6.04 Å². The standard InChI is InChI=1S/C11H23N3O2/c1-9(12)10(15)13-8-11(2,3)14-4-6-16-7-5-14/h9H,4-8,12H2,1-3H3,(H,13,15)/t9-/m1/s1. The van der Waals surface area contributed by atoms with Crippen molar-refractivity contribution in [3.05, 3.63) is 0 Å². The van der Waals surface area contributed by atoms with Gasteiger partial charge in [-0.05, 0) is 20.8 Å². The summed E-state index contributed by atoms with van der Waals surface area (Å²) >= 11 is 0. The number of morpholine rings is 1. The molecule has 1 aliphatic heterocycles. The first-order valence-corrected chi connectivity index (χ1v) is 5.79. The Hall–Kier alpha value is -0.650. The molecule has 0 saturated carbocycles. The van der Waals surface area contributed by atoms with Crippen LogP contribution in [0.2, 0.25) is 0 Å². The van der Waals surface area contributed by atoms with Crippen LogP contribution in [-0.2, 0) is 9.53 Å². The van der Waals surface area contributed by atoms with Crippen LogP contribution >= 0.6 is 0 Å². The highest BCUT2D eigenvalue weighted by molar-refractivity contribution is 5.81. The van der Waals surface area contributed by atoms with E-state index in [9.17, 15) is 4.79 Å². The van der Waals surface area contributed by atoms with E-state index in [1.54, 1.807) is 6.92 Å². The van der Waals surface area contributed by atoms with Crippen LogP contribution in [0.1, 0.15) is 20.8 Å². The van der Waals surface area contributed by atoms with Crippen molar-refractivity contribution in [2.45, 2.75) is 32.4 Å². The molecule has 1 atom stereocenters. The topological polar surface area (TPSA) is 67.6 Å². The van der Waals surface area contributed by atoms with Gasteiger partial charge in [-0.15, -0.1) is 0 Å². The van der Waals surface area contributed by atoms with E-state index in [2.05, 4.69) is 24.1 Å². The van der Waals surface area contributed by atoms with Gasteiger partial charge in [-0.3, -0.25) is 9.69 Å². The van der Waals surface area contributed by atoms with E-state index in [1.807, 2.05) is 0 Å². The molecule has 1 amide bonds. The number of nitrogens with one attached hydrogen (secondary N) is 1. The molecule has 0 aromatic rings. The number of nitrogens with zero attached hydrogens (tertiary/aromatic N) is 1. The predicted octanol–water partition coefficient (Wildman–Crippen LogP) is -0.439. The van der Waals surface area contributed by atoms with Crippen molar-refractivity contribution >= 4 is 5.91 Å². The molecule has 0 radical (unpaired) electrons. The first kappa shape index (κ1) is 13.4. The van der Waals surface area contributed by atoms with Gasteiger partial charge >= 0.3 is 0 Å². The number of rotatable bonds is 4. The highest BCUT2D eigenvalue weighted by atomic mass is 16.5. The minimum Gasteiger partial charge on any atom is -0.379 e. The summed E-state index contributed by atoms with van der Waals surface area (Å²) < 4.78 is 5.31. The van der Waals surface area contributed by atoms with Gasteiger partial charge in [-0.2, -0.15) is 0 Å². The lowest BCUT2D eigenvalue weighted by molar-refractivity contribution is -0.122. The second kappa shape index (κ2) is 5.61. The molecule has 1 fully saturated rings. The van der Waals surface area contributed by atoms with Gasteiger partial charge in [-0.25, -0.2) is 0 Å². The fraction of sp³-hybridized carbons (Fsp3) is 0.909. The Kier molecular flexibility index (Phi) is 4.70. The average molecular weight is 229 g/mol. The van der Waals surface area contributed by atoms with Crippen LogP contribution in [0.3, 0.4) is 0 Å². The van der Waals surface area contributed by atoms with Gasteiger partial charge in [-0.1, -0.05) is 0 Å². The van der Waals surface area contributed by atoms with Crippen LogP contribution < -0.4 is 11.1 Å². The van der Waals surface area contributed by atoms with E-state index >= 15 is 0 Å². The van der Waals surface area contributed by atoms with Crippen LogP contribution in [0.25, 0.3) is 0 Å². The molecule has 1 saturated heterocycles. The van der Waals surface area contributed by atoms with E-state index in [1.165, 1.54) is 0 Å². The van der Waals surface area contributed by atoms with Gasteiger partial charge in [0, 0.05) is 25.2 Å². The first-order chi connectivity index (χ1) is 7.43. The highest BCUT2D eigenvalue weighted by Crippen LogP contribution is 2.14. The minimum absolute atomic E-state index is 0.0473. The maximum Gasteiger partial charge on any atom is 0.236 e. The van der Waals surface area contributed by atoms with Gasteiger partial charge in [0.1, 0.15) is 0 Å². The van der Waals surface area contributed by atoms with Crippen LogP contribution in [0.4, 0.5) is 0 Å². The van der Waals surface area contributed by atoms with Crippen molar-refractivity contribution < 1.29 is 9.53 Å². The molecule has 0 aromatic heterocycles. The molecule has 1 heterocycles. The van der Waals surface area contributed by atoms with E-state index in [0.717, 1.165) is 26.3 Å². The van der Waals surface area contributed by atoms with Crippen molar-refractivity contribution in [1.82, 2.24) is 10.2 Å². The van der Waals surface area contributed by atoms with Crippen molar-refractivity contribution in [2.75, 3.05) is 32.8 Å². The molecule has 16 heavy (non-hydrogen) atoms. The summed E-state index contributed by atoms with van der Waals surface area (Å²) in [5.74, 6) is -0.0960. The van der Waals surface area contributed by atoms with Gasteiger partial charge in [0.2, 0.25) is 5.91 Å². The number of hydrogen-bond acceptors (Lipinski definition) is 4. The molecule has 0 unspecified atom stereocenters. The number of ether oxygens (including phenoxy) is 1. The van der Waals surface area contributed by atoms with Gasteiger partial charge in [0.05, 0.1) is 19.3 Å². The molecule has 0 spiro atoms. The summed E-state index contributed by atoms with van der Waals surface area (Å²) in [5, 5.41) is 2.87. The van der Waals surface area contributed by atoms with Crippen LogP contribution in [0, 0.1) is 0 Å². The smallest absolute Gasteiger partial charge is 0.236 e. The zero-order valence-corrected chi connectivity index (χ0v) is 10.5. The summed E-state index contributed by atoms with van der Waals surface area (Å²) in [6.07, 6.45) is 0. The minimum atomic E-state index is -0.444. The van der Waals surface area contributed by atoms with Gasteiger partial charge < -0.3 is 15.8 Å². The Labute approximate surface area is 97.3 Å². The summed E-state index contributed by atoms with van der Waals surface area (Å²) in [4.78, 5) is 13.7. The van der Waals surface area contributed by atoms with Crippen LogP contribution in [0.5, 0.6) is 0 Å². The fourth-order valence-corrected chi connectivity index (χ4v) is 1.74. The molecule has 0 bridgehead atoms. The second-order valence-electron chi connectivity index (χ2n) is 4.92. The molecule has 0 aliphatic carbocycles. The third-order valence-electron chi connectivity index (χ3n) is 2.98. The number of carbonyl (C=O) groups excluding carboxylic acids is 1. The van der Waals surface area contributed by atoms with E-state index in [4.69, 9.17) is 10.5 Å². The quantitative estimate of drug-likeness (QED) is 0.686. The highest BCUT2D eigenvalue weighted by Gasteiger charge is 2.28. The molecular formula is C11H23N3O2. The number of hydrogen-bond donors (Lipinski definition) is 2. The first-order valence-electron chi connectivity index (χ1n) is 5.79. The Balaban J connectivity index is 2.40. The molecule has 5 heteroatoms. The van der Waals surface area contributed by atoms with Crippen LogP contribution in [-0.4, -0.2) is 55.2 Å². The molecule has 1 aliphatic rings. The van der Waals surface area contributed by atoms with E-state index in [0.29, 0.717) is 6.54 Å². The van der Waals surface area contributed by atoms with Crippen molar-refractivity contribution in [2.24, 2.45) is 5.73 Å². The lowest BCUT2D eigenvalue weighted by atomic mass is 10.0. The van der Waals surface area contributed by atoms with Crippen LogP contribution in [0.15, 0.2) is 0 Å². The number of nitrogens with two attached hydrogens (primary N) is 1. The third-order valence-corrected chi connectivity index (χ3v) is 2.98. The van der Waals surface area contributed by atoms with E-state index in [-0.39, 0.29) is 11.4 Å². The lowest BCUT2D eigenvalue weighted by Crippen LogP contribution is -2.56. The molecule has 1 rings (SSSR count). The third kappa shape index (κ3) is 3.73. The predicted molar refractivity (Wildman–Crippen MR) is 63.1 cm³/mol. The normalized spacial score (nSPS) is 20.5. The summed E-state index contributed by atoms with van der Waals surface area (Å²) in [7, 11) is 0. The maximum absolute atomic E-state index is 11.4. The molecule has 94 valence electrons. The zero-order valence-electron chi connectivity index (χ0n) is 10.5. The van der Waals surface area contributed by atoms with Gasteiger partial charge in [0.15, 0.2) is 0 Å². The average Bonchev–Trinajstić information content (AvgIpc) is 2.27. The fourth-order valence-electron chi connectivity index (χ4n) is 1.74. The number of carbonyl (C=O) groups is 1. The molecule has 0 aromatic carbocycles. The Morgan fingerprint density at radius 2 is 2.06 bits per heavy atom.